The predicted molar refractivity (Wildman–Crippen MR) is 154 cm³/mol. The lowest BCUT2D eigenvalue weighted by molar-refractivity contribution is 0.377. The first-order chi connectivity index (χ1) is 19.1. The molecule has 1 fully saturated rings. The lowest BCUT2D eigenvalue weighted by atomic mass is 9.98. The van der Waals surface area contributed by atoms with E-state index in [1.807, 2.05) is 13.0 Å². The van der Waals surface area contributed by atoms with Gasteiger partial charge in [0.15, 0.2) is 0 Å². The maximum absolute atomic E-state index is 14.9. The van der Waals surface area contributed by atoms with Crippen molar-refractivity contribution < 1.29 is 17.5 Å². The first-order valence-corrected chi connectivity index (χ1v) is 14.4. The molecule has 40 heavy (non-hydrogen) atoms. The summed E-state index contributed by atoms with van der Waals surface area (Å²) in [7, 11) is -1.21. The van der Waals surface area contributed by atoms with E-state index in [0.29, 0.717) is 45.5 Å². The van der Waals surface area contributed by atoms with Gasteiger partial charge in [-0.3, -0.25) is 4.72 Å². The lowest BCUT2D eigenvalue weighted by Gasteiger charge is -2.28. The molecule has 12 heteroatoms. The molecule has 0 spiro atoms. The number of hydrogen-bond acceptors (Lipinski definition) is 8. The monoisotopic (exact) mass is 565 g/mol. The molecule has 3 N–H and O–H groups in total. The standard InChI is InChI=1S/C28H32FN7O3S/c1-17-14-19(16-30-15-17)33-28-32-13-11-24(34-28)22-6-5-12-31-27(22)39-26-18(2)7-8-20-21(26)9-10-23(29)25(20)35-40(37,38)36(3)4/h5-13,17,19,30,35H,14-16H2,1-4H3,(H,32,33,34)/t17-,19+/m1/s1. The number of aromatic nitrogens is 3. The SMILES string of the molecule is Cc1ccc2c(NS(=O)(=O)N(C)C)c(F)ccc2c1Oc1ncccc1-c1ccnc(N[C@@H]2CNC[C@H](C)C2)n1. The van der Waals surface area contributed by atoms with Gasteiger partial charge in [-0.25, -0.2) is 19.3 Å². The summed E-state index contributed by atoms with van der Waals surface area (Å²) in [4.78, 5) is 13.6. The molecule has 1 aliphatic heterocycles. The number of benzene rings is 2. The Hall–Kier alpha value is -3.87. The number of halogens is 1. The number of rotatable bonds is 8. The molecule has 0 aliphatic carbocycles. The Bertz CT molecular complexity index is 1650. The molecule has 0 bridgehead atoms. The number of pyridine rings is 1. The van der Waals surface area contributed by atoms with Crippen LogP contribution in [0.4, 0.5) is 16.0 Å². The van der Waals surface area contributed by atoms with Crippen LogP contribution in [-0.2, 0) is 10.2 Å². The fourth-order valence-corrected chi connectivity index (χ4v) is 5.36. The topological polar surface area (TPSA) is 121 Å². The van der Waals surface area contributed by atoms with Crippen LogP contribution in [0.3, 0.4) is 0 Å². The largest absolute Gasteiger partial charge is 0.437 e. The molecule has 1 saturated heterocycles. The Morgan fingerprint density at radius 3 is 2.62 bits per heavy atom. The van der Waals surface area contributed by atoms with E-state index in [0.717, 1.165) is 29.4 Å². The highest BCUT2D eigenvalue weighted by atomic mass is 32.2. The summed E-state index contributed by atoms with van der Waals surface area (Å²) >= 11 is 0. The molecule has 2 aromatic carbocycles. The molecule has 0 saturated carbocycles. The van der Waals surface area contributed by atoms with E-state index in [1.54, 1.807) is 42.7 Å². The molecule has 1 aliphatic rings. The van der Waals surface area contributed by atoms with Gasteiger partial charge >= 0.3 is 10.2 Å². The van der Waals surface area contributed by atoms with Crippen molar-refractivity contribution in [3.05, 3.63) is 66.2 Å². The summed E-state index contributed by atoms with van der Waals surface area (Å²) in [5.74, 6) is 1.11. The Morgan fingerprint density at radius 2 is 1.85 bits per heavy atom. The van der Waals surface area contributed by atoms with Gasteiger partial charge in [-0.05, 0) is 61.7 Å². The minimum atomic E-state index is -3.94. The number of fused-ring (bicyclic) bond motifs is 1. The minimum absolute atomic E-state index is 0.157. The molecule has 0 amide bonds. The average Bonchev–Trinajstić information content (AvgIpc) is 2.92. The van der Waals surface area contributed by atoms with Crippen molar-refractivity contribution >= 4 is 32.6 Å². The second kappa shape index (κ2) is 11.3. The van der Waals surface area contributed by atoms with Crippen LogP contribution in [0.15, 0.2) is 54.9 Å². The molecule has 5 rings (SSSR count). The lowest BCUT2D eigenvalue weighted by Crippen LogP contribution is -2.42. The van der Waals surface area contributed by atoms with Crippen LogP contribution in [0, 0.1) is 18.7 Å². The van der Waals surface area contributed by atoms with Crippen LogP contribution in [0.2, 0.25) is 0 Å². The summed E-state index contributed by atoms with van der Waals surface area (Å²) < 4.78 is 49.5. The molecule has 10 nitrogen and oxygen atoms in total. The van der Waals surface area contributed by atoms with Crippen molar-refractivity contribution in [2.75, 3.05) is 37.2 Å². The van der Waals surface area contributed by atoms with Gasteiger partial charge in [0, 0.05) is 49.8 Å². The zero-order chi connectivity index (χ0) is 28.4. The maximum atomic E-state index is 14.9. The zero-order valence-electron chi connectivity index (χ0n) is 22.8. The van der Waals surface area contributed by atoms with Crippen molar-refractivity contribution in [2.45, 2.75) is 26.3 Å². The summed E-state index contributed by atoms with van der Waals surface area (Å²) in [5, 5.41) is 7.72. The van der Waals surface area contributed by atoms with Crippen LogP contribution >= 0.6 is 0 Å². The van der Waals surface area contributed by atoms with E-state index < -0.39 is 16.0 Å². The van der Waals surface area contributed by atoms with Gasteiger partial charge in [0.2, 0.25) is 11.8 Å². The highest BCUT2D eigenvalue weighted by molar-refractivity contribution is 7.90. The first-order valence-electron chi connectivity index (χ1n) is 13.0. The van der Waals surface area contributed by atoms with E-state index in [2.05, 4.69) is 32.2 Å². The smallest absolute Gasteiger partial charge is 0.301 e. The second-order valence-corrected chi connectivity index (χ2v) is 12.1. The molecule has 2 atom stereocenters. The number of piperidine rings is 1. The third kappa shape index (κ3) is 5.83. The van der Waals surface area contributed by atoms with Crippen LogP contribution in [-0.4, -0.2) is 60.9 Å². The van der Waals surface area contributed by atoms with Crippen LogP contribution in [0.25, 0.3) is 22.0 Å². The number of anilines is 2. The van der Waals surface area contributed by atoms with Gasteiger partial charge < -0.3 is 15.4 Å². The van der Waals surface area contributed by atoms with Gasteiger partial charge in [-0.2, -0.15) is 12.7 Å². The second-order valence-electron chi connectivity index (χ2n) is 10.2. The molecule has 3 heterocycles. The molecule has 0 radical (unpaired) electrons. The van der Waals surface area contributed by atoms with Crippen molar-refractivity contribution in [3.63, 3.8) is 0 Å². The fraction of sp³-hybridized carbons (Fsp3) is 0.321. The normalized spacial score (nSPS) is 17.6. The number of aryl methyl sites for hydroxylation is 1. The van der Waals surface area contributed by atoms with Crippen molar-refractivity contribution in [1.82, 2.24) is 24.6 Å². The molecular weight excluding hydrogens is 533 g/mol. The number of ether oxygens (including phenoxy) is 1. The van der Waals surface area contributed by atoms with Crippen molar-refractivity contribution in [2.24, 2.45) is 5.92 Å². The van der Waals surface area contributed by atoms with Gasteiger partial charge in [0.05, 0.1) is 16.9 Å². The summed E-state index contributed by atoms with van der Waals surface area (Å²) in [6, 6.07) is 11.9. The van der Waals surface area contributed by atoms with Gasteiger partial charge in [0.25, 0.3) is 0 Å². The highest BCUT2D eigenvalue weighted by Crippen LogP contribution is 2.39. The van der Waals surface area contributed by atoms with Crippen LogP contribution in [0.1, 0.15) is 18.9 Å². The number of hydrogen-bond donors (Lipinski definition) is 3. The van der Waals surface area contributed by atoms with E-state index in [9.17, 15) is 12.8 Å². The highest BCUT2D eigenvalue weighted by Gasteiger charge is 2.22. The number of nitrogens with zero attached hydrogens (tertiary/aromatic N) is 4. The van der Waals surface area contributed by atoms with E-state index in [1.165, 1.54) is 20.2 Å². The summed E-state index contributed by atoms with van der Waals surface area (Å²) in [6.07, 6.45) is 4.33. The van der Waals surface area contributed by atoms with E-state index in [-0.39, 0.29) is 11.7 Å². The minimum Gasteiger partial charge on any atom is -0.437 e. The summed E-state index contributed by atoms with van der Waals surface area (Å²) in [5.41, 5.74) is 1.88. The average molecular weight is 566 g/mol. The molecule has 0 unspecified atom stereocenters. The Labute approximate surface area is 233 Å². The zero-order valence-corrected chi connectivity index (χ0v) is 23.6. The van der Waals surface area contributed by atoms with Gasteiger partial charge in [-0.15, -0.1) is 0 Å². The molecular formula is C28H32FN7O3S. The van der Waals surface area contributed by atoms with E-state index >= 15 is 0 Å². The van der Waals surface area contributed by atoms with Gasteiger partial charge in [0.1, 0.15) is 11.6 Å². The molecule has 4 aromatic rings. The first kappa shape index (κ1) is 27.7. The Kier molecular flexibility index (Phi) is 7.83. The summed E-state index contributed by atoms with van der Waals surface area (Å²) in [6.45, 7) is 5.91. The third-order valence-corrected chi connectivity index (χ3v) is 8.24. The van der Waals surface area contributed by atoms with Crippen molar-refractivity contribution in [1.29, 1.82) is 0 Å². The van der Waals surface area contributed by atoms with Crippen LogP contribution in [0.5, 0.6) is 11.6 Å². The molecule has 2 aromatic heterocycles. The van der Waals surface area contributed by atoms with E-state index in [4.69, 9.17) is 9.72 Å². The number of nitrogens with one attached hydrogen (secondary N) is 3. The quantitative estimate of drug-likeness (QED) is 0.284. The molecule has 210 valence electrons. The Balaban J connectivity index is 1.51. The third-order valence-electron chi connectivity index (χ3n) is 6.81. The Morgan fingerprint density at radius 1 is 1.05 bits per heavy atom. The predicted octanol–water partition coefficient (Wildman–Crippen LogP) is 4.56. The van der Waals surface area contributed by atoms with Crippen LogP contribution < -0.4 is 20.1 Å². The fourth-order valence-electron chi connectivity index (χ4n) is 4.71. The van der Waals surface area contributed by atoms with Crippen molar-refractivity contribution in [3.8, 4) is 22.9 Å². The maximum Gasteiger partial charge on any atom is 0.301 e. The van der Waals surface area contributed by atoms with Gasteiger partial charge in [-0.1, -0.05) is 19.1 Å².